The fourth-order valence-electron chi connectivity index (χ4n) is 3.64. The number of ether oxygens (including phenoxy) is 1. The van der Waals surface area contributed by atoms with E-state index in [4.69, 9.17) is 20.4 Å². The quantitative estimate of drug-likeness (QED) is 0.222. The topological polar surface area (TPSA) is 129 Å². The van der Waals surface area contributed by atoms with Gasteiger partial charge in [0.2, 0.25) is 0 Å². The number of aromatic nitrogens is 2. The summed E-state index contributed by atoms with van der Waals surface area (Å²) in [6, 6.07) is 13.5. The van der Waals surface area contributed by atoms with Crippen LogP contribution in [-0.2, 0) is 17.9 Å². The fraction of sp³-hybridized carbons (Fsp3) is 0.179. The molecule has 0 unspecified atom stereocenters. The minimum atomic E-state index is -0.880. The molecule has 11 heteroatoms. The minimum absolute atomic E-state index is 0.00690. The molecule has 0 spiro atoms. The number of hydrogen-bond acceptors (Lipinski definition) is 7. The maximum atomic E-state index is 14.1. The number of nitrogens with two attached hydrogens (primary N) is 1. The molecule has 0 saturated carbocycles. The van der Waals surface area contributed by atoms with E-state index in [1.165, 1.54) is 12.3 Å². The average molecular weight is 535 g/mol. The number of carbonyl (C=O) groups excluding carboxylic acids is 1. The van der Waals surface area contributed by atoms with Crippen LogP contribution in [0.15, 0.2) is 65.6 Å². The summed E-state index contributed by atoms with van der Waals surface area (Å²) in [6.07, 6.45) is 1.42. The molecule has 4 N–H and O–H groups in total. The number of amides is 1. The van der Waals surface area contributed by atoms with Crippen LogP contribution in [0.25, 0.3) is 11.0 Å². The normalized spacial score (nSPS) is 10.6. The molecule has 2 aromatic heterocycles. The highest BCUT2D eigenvalue weighted by molar-refractivity contribution is 6.05. The van der Waals surface area contributed by atoms with Gasteiger partial charge in [0.05, 0.1) is 18.9 Å². The molecule has 9 nitrogen and oxygen atoms in total. The third kappa shape index (κ3) is 6.56. The van der Waals surface area contributed by atoms with Crippen LogP contribution in [0, 0.1) is 23.5 Å². The Hall–Kier alpha value is -4.79. The molecule has 39 heavy (non-hydrogen) atoms. The number of benzene rings is 2. The van der Waals surface area contributed by atoms with Gasteiger partial charge in [0.15, 0.2) is 5.65 Å². The average Bonchev–Trinajstić information content (AvgIpc) is 2.93. The number of pyridine rings is 2. The number of halogens is 2. The zero-order chi connectivity index (χ0) is 27.8. The van der Waals surface area contributed by atoms with Crippen molar-refractivity contribution in [3.63, 3.8) is 0 Å². The van der Waals surface area contributed by atoms with Crippen molar-refractivity contribution in [2.45, 2.75) is 13.2 Å². The van der Waals surface area contributed by atoms with Crippen LogP contribution in [-0.4, -0.2) is 40.5 Å². The molecule has 0 bridgehead atoms. The first kappa shape index (κ1) is 27.3. The predicted molar refractivity (Wildman–Crippen MR) is 139 cm³/mol. The molecule has 4 aromatic rings. The molecule has 4 rings (SSSR count). The molecule has 0 aliphatic rings. The SMILES string of the molecule is Nc1c(C(=O)NCc2ccc(F)cc2F)c(=O)n(OCc2ccccc2)c2ncc(C#CCOCCO)cc12. The van der Waals surface area contributed by atoms with Crippen molar-refractivity contribution in [2.24, 2.45) is 0 Å². The Kier molecular flexibility index (Phi) is 8.83. The van der Waals surface area contributed by atoms with Gasteiger partial charge in [-0.1, -0.05) is 48.2 Å². The molecule has 2 heterocycles. The van der Waals surface area contributed by atoms with Gasteiger partial charge in [-0.2, -0.15) is 0 Å². The summed E-state index contributed by atoms with van der Waals surface area (Å²) in [5.41, 5.74) is 6.09. The summed E-state index contributed by atoms with van der Waals surface area (Å²) < 4.78 is 33.3. The third-order valence-electron chi connectivity index (χ3n) is 5.54. The van der Waals surface area contributed by atoms with Gasteiger partial charge >= 0.3 is 0 Å². The second kappa shape index (κ2) is 12.6. The van der Waals surface area contributed by atoms with Crippen molar-refractivity contribution in [2.75, 3.05) is 25.6 Å². The van der Waals surface area contributed by atoms with Crippen molar-refractivity contribution in [3.05, 3.63) is 105 Å². The number of rotatable bonds is 9. The molecule has 0 aliphatic heterocycles. The van der Waals surface area contributed by atoms with E-state index in [2.05, 4.69) is 22.1 Å². The largest absolute Gasteiger partial charge is 0.404 e. The Morgan fingerprint density at radius 2 is 1.95 bits per heavy atom. The Bertz CT molecular complexity index is 1610. The summed E-state index contributed by atoms with van der Waals surface area (Å²) in [6.45, 7) is -0.240. The lowest BCUT2D eigenvalue weighted by Crippen LogP contribution is -2.37. The fourth-order valence-corrected chi connectivity index (χ4v) is 3.64. The lowest BCUT2D eigenvalue weighted by molar-refractivity contribution is 0.0898. The smallest absolute Gasteiger partial charge is 0.300 e. The molecule has 1 amide bonds. The number of carbonyl (C=O) groups is 1. The molecule has 0 fully saturated rings. The molecule has 0 atom stereocenters. The molecule has 0 radical (unpaired) electrons. The first-order valence-corrected chi connectivity index (χ1v) is 11.8. The van der Waals surface area contributed by atoms with Gasteiger partial charge in [0, 0.05) is 35.3 Å². The van der Waals surface area contributed by atoms with E-state index < -0.39 is 28.7 Å². The summed E-state index contributed by atoms with van der Waals surface area (Å²) in [7, 11) is 0. The van der Waals surface area contributed by atoms with E-state index in [9.17, 15) is 18.4 Å². The van der Waals surface area contributed by atoms with Crippen LogP contribution >= 0.6 is 0 Å². The second-order valence-corrected chi connectivity index (χ2v) is 8.24. The highest BCUT2D eigenvalue weighted by atomic mass is 19.1. The standard InChI is InChI=1S/C28H24F2N4O5/c29-21-9-8-20(23(30)14-21)16-33-27(36)24-25(31)22-13-19(7-4-11-38-12-10-35)15-32-26(22)34(28(24)37)39-17-18-5-2-1-3-6-18/h1-3,5-6,8-9,13-15,35H,10-12,16-17,31H2,(H,33,36). The monoisotopic (exact) mass is 534 g/mol. The summed E-state index contributed by atoms with van der Waals surface area (Å²) in [5, 5.41) is 11.5. The first-order valence-electron chi connectivity index (χ1n) is 11.8. The van der Waals surface area contributed by atoms with Gasteiger partial charge in [-0.25, -0.2) is 13.8 Å². The highest BCUT2D eigenvalue weighted by Crippen LogP contribution is 2.22. The predicted octanol–water partition coefficient (Wildman–Crippen LogP) is 2.18. The van der Waals surface area contributed by atoms with Gasteiger partial charge in [-0.3, -0.25) is 9.59 Å². The third-order valence-corrected chi connectivity index (χ3v) is 5.54. The number of nitrogens with zero attached hydrogens (tertiary/aromatic N) is 2. The second-order valence-electron chi connectivity index (χ2n) is 8.24. The number of nitrogen functional groups attached to an aromatic ring is 1. The van der Waals surface area contributed by atoms with E-state index in [1.807, 2.05) is 18.2 Å². The molecular weight excluding hydrogens is 510 g/mol. The van der Waals surface area contributed by atoms with Crippen molar-refractivity contribution in [3.8, 4) is 11.8 Å². The summed E-state index contributed by atoms with van der Waals surface area (Å²) in [5.74, 6) is 3.13. The number of fused-ring (bicyclic) bond motifs is 1. The summed E-state index contributed by atoms with van der Waals surface area (Å²) in [4.78, 5) is 36.6. The zero-order valence-corrected chi connectivity index (χ0v) is 20.6. The van der Waals surface area contributed by atoms with Crippen LogP contribution in [0.2, 0.25) is 0 Å². The van der Waals surface area contributed by atoms with Crippen molar-refractivity contribution >= 4 is 22.6 Å². The van der Waals surface area contributed by atoms with Gasteiger partial charge < -0.3 is 25.7 Å². The van der Waals surface area contributed by atoms with Crippen molar-refractivity contribution in [1.29, 1.82) is 0 Å². The molecule has 200 valence electrons. The van der Waals surface area contributed by atoms with Gasteiger partial charge in [-0.05, 0) is 17.7 Å². The van der Waals surface area contributed by atoms with E-state index in [0.29, 0.717) is 11.6 Å². The van der Waals surface area contributed by atoms with Crippen molar-refractivity contribution in [1.82, 2.24) is 15.0 Å². The Morgan fingerprint density at radius 3 is 2.69 bits per heavy atom. The van der Waals surface area contributed by atoms with Crippen LogP contribution in [0.5, 0.6) is 0 Å². The van der Waals surface area contributed by atoms with Gasteiger partial charge in [0.1, 0.15) is 30.4 Å². The number of aliphatic hydroxyl groups is 1. The highest BCUT2D eigenvalue weighted by Gasteiger charge is 2.23. The molecule has 0 saturated heterocycles. The Labute approximate surface area is 221 Å². The number of anilines is 1. The molecule has 0 aliphatic carbocycles. The van der Waals surface area contributed by atoms with Crippen LogP contribution in [0.1, 0.15) is 27.0 Å². The maximum Gasteiger partial charge on any atom is 0.300 e. The maximum absolute atomic E-state index is 14.1. The number of nitrogens with one attached hydrogen (secondary N) is 1. The van der Waals surface area contributed by atoms with Crippen LogP contribution in [0.3, 0.4) is 0 Å². The van der Waals surface area contributed by atoms with Crippen molar-refractivity contribution < 1.29 is 28.3 Å². The summed E-state index contributed by atoms with van der Waals surface area (Å²) >= 11 is 0. The molecule has 2 aromatic carbocycles. The van der Waals surface area contributed by atoms with Crippen LogP contribution < -0.4 is 21.4 Å². The molecular formula is C28H24F2N4O5. The lowest BCUT2D eigenvalue weighted by Gasteiger charge is -2.16. The Balaban J connectivity index is 1.72. The Morgan fingerprint density at radius 1 is 1.15 bits per heavy atom. The van der Waals surface area contributed by atoms with Crippen LogP contribution in [0.4, 0.5) is 14.5 Å². The number of aliphatic hydroxyl groups excluding tert-OH is 1. The first-order chi connectivity index (χ1) is 18.9. The van der Waals surface area contributed by atoms with E-state index in [1.54, 1.807) is 18.2 Å². The lowest BCUT2D eigenvalue weighted by atomic mass is 10.1. The van der Waals surface area contributed by atoms with E-state index in [0.717, 1.165) is 16.4 Å². The van der Waals surface area contributed by atoms with E-state index >= 15 is 0 Å². The van der Waals surface area contributed by atoms with E-state index in [-0.39, 0.29) is 55.3 Å². The minimum Gasteiger partial charge on any atom is -0.404 e. The number of hydrogen-bond donors (Lipinski definition) is 3. The van der Waals surface area contributed by atoms with Gasteiger partial charge in [0.25, 0.3) is 11.5 Å². The zero-order valence-electron chi connectivity index (χ0n) is 20.6. The van der Waals surface area contributed by atoms with Gasteiger partial charge in [-0.15, -0.1) is 4.73 Å².